The lowest BCUT2D eigenvalue weighted by Crippen LogP contribution is -1.95. The summed E-state index contributed by atoms with van der Waals surface area (Å²) in [5.74, 6) is 0.816. The van der Waals surface area contributed by atoms with Gasteiger partial charge in [0.15, 0.2) is 0 Å². The maximum atomic E-state index is 5.44. The van der Waals surface area contributed by atoms with E-state index in [1.807, 2.05) is 24.5 Å². The molecule has 2 heterocycles. The molecule has 0 aliphatic carbocycles. The van der Waals surface area contributed by atoms with E-state index in [-0.39, 0.29) is 0 Å². The van der Waals surface area contributed by atoms with Crippen molar-refractivity contribution in [1.29, 1.82) is 0 Å². The third kappa shape index (κ3) is 0.861. The molecule has 0 aliphatic rings. The molecule has 0 aliphatic heterocycles. The Bertz CT molecular complexity index is 337. The van der Waals surface area contributed by atoms with Crippen molar-refractivity contribution in [3.05, 3.63) is 24.5 Å². The highest BCUT2D eigenvalue weighted by molar-refractivity contribution is 5.44. The van der Waals surface area contributed by atoms with E-state index in [0.717, 1.165) is 0 Å². The molecule has 11 heavy (non-hydrogen) atoms. The SMILES string of the molecule is Nc1nonc1-n1cccc1. The minimum absolute atomic E-state index is 0.293. The van der Waals surface area contributed by atoms with Gasteiger partial charge in [0.1, 0.15) is 0 Å². The first-order valence-electron chi connectivity index (χ1n) is 3.09. The summed E-state index contributed by atoms with van der Waals surface area (Å²) in [6, 6.07) is 3.74. The highest BCUT2D eigenvalue weighted by atomic mass is 16.6. The lowest BCUT2D eigenvalue weighted by molar-refractivity contribution is 0.307. The second-order valence-corrected chi connectivity index (χ2v) is 2.06. The summed E-state index contributed by atoms with van der Waals surface area (Å²) in [6.45, 7) is 0. The van der Waals surface area contributed by atoms with Crippen molar-refractivity contribution >= 4 is 5.82 Å². The van der Waals surface area contributed by atoms with Crippen molar-refractivity contribution in [2.24, 2.45) is 0 Å². The number of rotatable bonds is 1. The van der Waals surface area contributed by atoms with Gasteiger partial charge in [-0.2, -0.15) is 0 Å². The Morgan fingerprint density at radius 3 is 2.55 bits per heavy atom. The smallest absolute Gasteiger partial charge is 0.225 e. The summed E-state index contributed by atoms with van der Waals surface area (Å²) in [5, 5.41) is 7.05. The molecule has 0 bridgehead atoms. The van der Waals surface area contributed by atoms with Crippen LogP contribution in [0.15, 0.2) is 29.2 Å². The monoisotopic (exact) mass is 150 g/mol. The van der Waals surface area contributed by atoms with E-state index in [1.54, 1.807) is 4.57 Å². The van der Waals surface area contributed by atoms with Crippen LogP contribution in [0.1, 0.15) is 0 Å². The van der Waals surface area contributed by atoms with Crippen molar-refractivity contribution in [3.8, 4) is 5.82 Å². The number of nitrogens with two attached hydrogens (primary N) is 1. The van der Waals surface area contributed by atoms with E-state index in [0.29, 0.717) is 11.6 Å². The zero-order valence-corrected chi connectivity index (χ0v) is 5.64. The van der Waals surface area contributed by atoms with Crippen LogP contribution in [0.4, 0.5) is 5.82 Å². The highest BCUT2D eigenvalue weighted by Crippen LogP contribution is 2.10. The Kier molecular flexibility index (Phi) is 1.15. The van der Waals surface area contributed by atoms with E-state index < -0.39 is 0 Å². The molecule has 2 aromatic heterocycles. The van der Waals surface area contributed by atoms with E-state index in [1.165, 1.54) is 0 Å². The zero-order chi connectivity index (χ0) is 7.68. The summed E-state index contributed by atoms with van der Waals surface area (Å²) in [7, 11) is 0. The van der Waals surface area contributed by atoms with Crippen molar-refractivity contribution in [3.63, 3.8) is 0 Å². The molecule has 2 aromatic rings. The quantitative estimate of drug-likeness (QED) is 0.640. The van der Waals surface area contributed by atoms with Gasteiger partial charge in [0, 0.05) is 12.4 Å². The molecule has 0 spiro atoms. The average Bonchev–Trinajstić information content (AvgIpc) is 2.55. The van der Waals surface area contributed by atoms with Gasteiger partial charge < -0.3 is 10.3 Å². The van der Waals surface area contributed by atoms with E-state index in [9.17, 15) is 0 Å². The van der Waals surface area contributed by atoms with Crippen LogP contribution >= 0.6 is 0 Å². The highest BCUT2D eigenvalue weighted by Gasteiger charge is 2.05. The number of nitrogens with zero attached hydrogens (tertiary/aromatic N) is 3. The molecule has 2 rings (SSSR count). The van der Waals surface area contributed by atoms with Gasteiger partial charge in [0.2, 0.25) is 11.6 Å². The van der Waals surface area contributed by atoms with Crippen LogP contribution in [-0.4, -0.2) is 14.9 Å². The number of anilines is 1. The largest absolute Gasteiger partial charge is 0.378 e. The van der Waals surface area contributed by atoms with Crippen molar-refractivity contribution in [1.82, 2.24) is 14.9 Å². The normalized spacial score (nSPS) is 10.2. The second-order valence-electron chi connectivity index (χ2n) is 2.06. The van der Waals surface area contributed by atoms with Gasteiger partial charge in [-0.05, 0) is 22.4 Å². The van der Waals surface area contributed by atoms with Crippen molar-refractivity contribution < 1.29 is 4.63 Å². The number of hydrogen-bond acceptors (Lipinski definition) is 4. The van der Waals surface area contributed by atoms with Crippen molar-refractivity contribution in [2.45, 2.75) is 0 Å². The zero-order valence-electron chi connectivity index (χ0n) is 5.64. The Morgan fingerprint density at radius 2 is 2.00 bits per heavy atom. The molecule has 0 radical (unpaired) electrons. The van der Waals surface area contributed by atoms with Crippen LogP contribution in [0, 0.1) is 0 Å². The number of hydrogen-bond donors (Lipinski definition) is 1. The van der Waals surface area contributed by atoms with Crippen molar-refractivity contribution in [2.75, 3.05) is 5.73 Å². The number of nitrogen functional groups attached to an aromatic ring is 1. The first kappa shape index (κ1) is 5.96. The van der Waals surface area contributed by atoms with E-state index >= 15 is 0 Å². The molecule has 0 atom stereocenters. The Hall–Kier alpha value is -1.78. The van der Waals surface area contributed by atoms with Crippen LogP contribution in [-0.2, 0) is 0 Å². The van der Waals surface area contributed by atoms with Crippen LogP contribution in [0.25, 0.3) is 5.82 Å². The van der Waals surface area contributed by atoms with Gasteiger partial charge in [-0.1, -0.05) is 0 Å². The minimum atomic E-state index is 0.293. The fraction of sp³-hybridized carbons (Fsp3) is 0. The minimum Gasteiger partial charge on any atom is -0.378 e. The van der Waals surface area contributed by atoms with Crippen LogP contribution < -0.4 is 5.73 Å². The van der Waals surface area contributed by atoms with Gasteiger partial charge in [-0.3, -0.25) is 0 Å². The maximum absolute atomic E-state index is 5.44. The topological polar surface area (TPSA) is 69.9 Å². The van der Waals surface area contributed by atoms with Gasteiger partial charge in [0.25, 0.3) is 0 Å². The lowest BCUT2D eigenvalue weighted by Gasteiger charge is -1.92. The summed E-state index contributed by atoms with van der Waals surface area (Å²) in [6.07, 6.45) is 3.63. The first-order chi connectivity index (χ1) is 5.38. The lowest BCUT2D eigenvalue weighted by atomic mass is 10.6. The second kappa shape index (κ2) is 2.12. The van der Waals surface area contributed by atoms with E-state index in [4.69, 9.17) is 5.73 Å². The predicted octanol–water partition coefficient (Wildman–Crippen LogP) is 0.443. The first-order valence-corrected chi connectivity index (χ1v) is 3.09. The fourth-order valence-corrected chi connectivity index (χ4v) is 0.846. The average molecular weight is 150 g/mol. The molecular formula is C6H6N4O. The summed E-state index contributed by atoms with van der Waals surface area (Å²) in [5.41, 5.74) is 5.44. The Balaban J connectivity index is 2.53. The molecule has 0 saturated carbocycles. The number of aromatic nitrogens is 3. The summed E-state index contributed by atoms with van der Waals surface area (Å²) in [4.78, 5) is 0. The Labute approximate surface area is 62.4 Å². The van der Waals surface area contributed by atoms with Gasteiger partial charge in [-0.15, -0.1) is 0 Å². The molecule has 0 aromatic carbocycles. The standard InChI is InChI=1S/C6H6N4O/c7-5-6(9-11-8-5)10-3-1-2-4-10/h1-4H,(H2,7,8). The van der Waals surface area contributed by atoms with Gasteiger partial charge >= 0.3 is 0 Å². The van der Waals surface area contributed by atoms with Crippen LogP contribution in [0.5, 0.6) is 0 Å². The molecule has 0 fully saturated rings. The molecular weight excluding hydrogens is 144 g/mol. The molecule has 5 heteroatoms. The maximum Gasteiger partial charge on any atom is 0.225 e. The third-order valence-electron chi connectivity index (χ3n) is 1.34. The Morgan fingerprint density at radius 1 is 1.27 bits per heavy atom. The molecule has 56 valence electrons. The van der Waals surface area contributed by atoms with Gasteiger partial charge in [-0.25, -0.2) is 4.63 Å². The molecule has 0 amide bonds. The summed E-state index contributed by atoms with van der Waals surface area (Å²) < 4.78 is 6.15. The van der Waals surface area contributed by atoms with E-state index in [2.05, 4.69) is 14.9 Å². The molecule has 2 N–H and O–H groups in total. The molecule has 0 unspecified atom stereocenters. The van der Waals surface area contributed by atoms with Crippen LogP contribution in [0.2, 0.25) is 0 Å². The predicted molar refractivity (Wildman–Crippen MR) is 38.0 cm³/mol. The third-order valence-corrected chi connectivity index (χ3v) is 1.34. The fourth-order valence-electron chi connectivity index (χ4n) is 0.846. The molecule has 5 nitrogen and oxygen atoms in total. The van der Waals surface area contributed by atoms with Crippen LogP contribution in [0.3, 0.4) is 0 Å². The summed E-state index contributed by atoms with van der Waals surface area (Å²) >= 11 is 0. The van der Waals surface area contributed by atoms with Gasteiger partial charge in [0.05, 0.1) is 0 Å². The molecule has 0 saturated heterocycles.